The van der Waals surface area contributed by atoms with E-state index in [1.54, 1.807) is 40.5 Å². The number of benzene rings is 1. The molecule has 1 aromatic heterocycles. The molecule has 9 heteroatoms. The summed E-state index contributed by atoms with van der Waals surface area (Å²) in [7, 11) is 0. The first kappa shape index (κ1) is 22.5. The lowest BCUT2D eigenvalue weighted by atomic mass is 10.1. The van der Waals surface area contributed by atoms with Gasteiger partial charge in [0.2, 0.25) is 5.91 Å². The summed E-state index contributed by atoms with van der Waals surface area (Å²) in [6, 6.07) is 10.9. The number of nitrogens with zero attached hydrogens (tertiary/aromatic N) is 3. The summed E-state index contributed by atoms with van der Waals surface area (Å²) in [6.07, 6.45) is 2.30. The second-order valence-corrected chi connectivity index (χ2v) is 9.96. The first-order chi connectivity index (χ1) is 15.5. The van der Waals surface area contributed by atoms with Gasteiger partial charge in [0.1, 0.15) is 5.25 Å². The lowest BCUT2D eigenvalue weighted by molar-refractivity contribution is -0.121. The van der Waals surface area contributed by atoms with Crippen molar-refractivity contribution < 1.29 is 14.4 Å². The van der Waals surface area contributed by atoms with E-state index in [1.807, 2.05) is 24.4 Å². The van der Waals surface area contributed by atoms with Crippen molar-refractivity contribution in [2.24, 2.45) is 4.99 Å². The van der Waals surface area contributed by atoms with E-state index in [2.05, 4.69) is 15.2 Å². The topological polar surface area (TPSA) is 82.1 Å². The van der Waals surface area contributed by atoms with Crippen LogP contribution in [0.2, 0.25) is 0 Å². The summed E-state index contributed by atoms with van der Waals surface area (Å²) in [5.41, 5.74) is 1.18. The monoisotopic (exact) mass is 470 g/mol. The van der Waals surface area contributed by atoms with Gasteiger partial charge in [0.25, 0.3) is 11.8 Å². The number of nitrogens with one attached hydrogen (secondary N) is 1. The van der Waals surface area contributed by atoms with Crippen LogP contribution in [0.15, 0.2) is 46.8 Å². The second kappa shape index (κ2) is 10.3. The Labute approximate surface area is 195 Å². The zero-order valence-corrected chi connectivity index (χ0v) is 19.6. The molecule has 4 rings (SSSR count). The van der Waals surface area contributed by atoms with Crippen LogP contribution in [-0.2, 0) is 16.1 Å². The maximum atomic E-state index is 12.8. The maximum Gasteiger partial charge on any atom is 0.262 e. The predicted molar refractivity (Wildman–Crippen MR) is 129 cm³/mol. The van der Waals surface area contributed by atoms with Gasteiger partial charge in [0, 0.05) is 42.2 Å². The van der Waals surface area contributed by atoms with Crippen LogP contribution in [0.25, 0.3) is 0 Å². The molecule has 1 aromatic carbocycles. The number of thioether (sulfide) groups is 1. The van der Waals surface area contributed by atoms with Gasteiger partial charge in [-0.3, -0.25) is 14.4 Å². The second-order valence-electron chi connectivity index (χ2n) is 7.76. The van der Waals surface area contributed by atoms with Crippen molar-refractivity contribution in [1.82, 2.24) is 9.80 Å². The molecule has 2 aliphatic rings. The number of amidine groups is 1. The molecule has 2 aliphatic heterocycles. The maximum absolute atomic E-state index is 12.8. The summed E-state index contributed by atoms with van der Waals surface area (Å²) in [5, 5.41) is 5.11. The Balaban J connectivity index is 1.30. The first-order valence-corrected chi connectivity index (χ1v) is 12.5. The first-order valence-electron chi connectivity index (χ1n) is 10.8. The number of likely N-dealkylation sites (tertiary alicyclic amines) is 1. The Hall–Kier alpha value is -2.65. The van der Waals surface area contributed by atoms with Crippen LogP contribution in [0.3, 0.4) is 0 Å². The van der Waals surface area contributed by atoms with E-state index in [1.165, 1.54) is 11.8 Å². The van der Waals surface area contributed by atoms with E-state index < -0.39 is 5.25 Å². The number of amides is 3. The molecule has 0 saturated carbocycles. The van der Waals surface area contributed by atoms with E-state index in [9.17, 15) is 14.4 Å². The largest absolute Gasteiger partial charge is 0.351 e. The number of hydrogen-bond acceptors (Lipinski definition) is 6. The van der Waals surface area contributed by atoms with Gasteiger partial charge >= 0.3 is 0 Å². The number of aliphatic imine (C=N–C) groups is 1. The van der Waals surface area contributed by atoms with E-state index in [0.717, 1.165) is 36.0 Å². The van der Waals surface area contributed by atoms with Crippen molar-refractivity contribution in [1.29, 1.82) is 0 Å². The Morgan fingerprint density at radius 2 is 1.94 bits per heavy atom. The molecule has 1 atom stereocenters. The average molecular weight is 471 g/mol. The third kappa shape index (κ3) is 5.39. The van der Waals surface area contributed by atoms with E-state index in [0.29, 0.717) is 24.3 Å². The molecule has 168 valence electrons. The smallest absolute Gasteiger partial charge is 0.262 e. The standard InChI is InChI=1S/C23H26N4O3S2/c1-2-26(15-18-6-5-13-31-18)22(30)16-7-9-17(10-8-16)24-20(28)14-19-21(29)25-23(32-19)27-11-3-4-12-27/h5-10,13,19H,2-4,11-12,14-15H2,1H3,(H,24,28). The number of thiophene rings is 1. The fourth-order valence-electron chi connectivity index (χ4n) is 3.73. The molecule has 3 amide bonds. The summed E-state index contributed by atoms with van der Waals surface area (Å²) in [5.74, 6) is -0.516. The molecule has 1 N–H and O–H groups in total. The Morgan fingerprint density at radius 1 is 1.19 bits per heavy atom. The molecule has 0 bridgehead atoms. The summed E-state index contributed by atoms with van der Waals surface area (Å²) in [6.45, 7) is 5.00. The Bertz CT molecular complexity index is 999. The third-order valence-corrected chi connectivity index (χ3v) is 7.56. The van der Waals surface area contributed by atoms with Crippen LogP contribution >= 0.6 is 23.1 Å². The van der Waals surface area contributed by atoms with Crippen LogP contribution in [0, 0.1) is 0 Å². The lowest BCUT2D eigenvalue weighted by Crippen LogP contribution is -2.30. The van der Waals surface area contributed by atoms with Crippen LogP contribution in [0.1, 0.15) is 41.4 Å². The minimum atomic E-state index is -0.471. The molecule has 0 spiro atoms. The fraction of sp³-hybridized carbons (Fsp3) is 0.391. The number of hydrogen-bond donors (Lipinski definition) is 1. The molecule has 7 nitrogen and oxygen atoms in total. The number of rotatable bonds is 7. The molecule has 32 heavy (non-hydrogen) atoms. The van der Waals surface area contributed by atoms with Crippen LogP contribution in [-0.4, -0.2) is 57.6 Å². The highest BCUT2D eigenvalue weighted by molar-refractivity contribution is 8.15. The zero-order chi connectivity index (χ0) is 22.5. The van der Waals surface area contributed by atoms with Gasteiger partial charge in [0.05, 0.1) is 6.54 Å². The number of anilines is 1. The van der Waals surface area contributed by atoms with Crippen LogP contribution < -0.4 is 5.32 Å². The Kier molecular flexibility index (Phi) is 7.26. The fourth-order valence-corrected chi connectivity index (χ4v) is 5.57. The minimum Gasteiger partial charge on any atom is -0.351 e. The Morgan fingerprint density at radius 3 is 2.59 bits per heavy atom. The summed E-state index contributed by atoms with van der Waals surface area (Å²) < 4.78 is 0. The highest BCUT2D eigenvalue weighted by Crippen LogP contribution is 2.29. The van der Waals surface area contributed by atoms with E-state index in [-0.39, 0.29) is 24.1 Å². The van der Waals surface area contributed by atoms with Crippen molar-refractivity contribution in [2.75, 3.05) is 25.0 Å². The summed E-state index contributed by atoms with van der Waals surface area (Å²) >= 11 is 3.02. The van der Waals surface area contributed by atoms with Gasteiger partial charge in [-0.2, -0.15) is 4.99 Å². The van der Waals surface area contributed by atoms with Gasteiger partial charge in [-0.1, -0.05) is 17.8 Å². The molecular weight excluding hydrogens is 444 g/mol. The molecule has 0 aliphatic carbocycles. The minimum absolute atomic E-state index is 0.0432. The van der Waals surface area contributed by atoms with E-state index >= 15 is 0 Å². The van der Waals surface area contributed by atoms with Gasteiger partial charge in [-0.25, -0.2) is 0 Å². The van der Waals surface area contributed by atoms with Crippen molar-refractivity contribution in [2.45, 2.75) is 38.0 Å². The number of carbonyl (C=O) groups is 3. The van der Waals surface area contributed by atoms with Gasteiger partial charge in [0.15, 0.2) is 5.17 Å². The SMILES string of the molecule is CCN(Cc1cccs1)C(=O)c1ccc(NC(=O)CC2SC(N3CCCC3)=NC2=O)cc1. The zero-order valence-electron chi connectivity index (χ0n) is 18.0. The van der Waals surface area contributed by atoms with Gasteiger partial charge in [-0.05, 0) is 55.5 Å². The van der Waals surface area contributed by atoms with Crippen molar-refractivity contribution in [3.8, 4) is 0 Å². The highest BCUT2D eigenvalue weighted by Gasteiger charge is 2.33. The van der Waals surface area contributed by atoms with Crippen LogP contribution in [0.4, 0.5) is 5.69 Å². The average Bonchev–Trinajstić information content (AvgIpc) is 3.55. The molecule has 1 fully saturated rings. The quantitative estimate of drug-likeness (QED) is 0.665. The lowest BCUT2D eigenvalue weighted by Gasteiger charge is -2.20. The normalized spacial score (nSPS) is 18.0. The van der Waals surface area contributed by atoms with Gasteiger partial charge < -0.3 is 15.1 Å². The van der Waals surface area contributed by atoms with Crippen molar-refractivity contribution >= 4 is 51.7 Å². The molecule has 0 radical (unpaired) electrons. The van der Waals surface area contributed by atoms with Gasteiger partial charge in [-0.15, -0.1) is 11.3 Å². The molecule has 3 heterocycles. The molecular formula is C23H26N4O3S2. The molecule has 1 saturated heterocycles. The number of carbonyl (C=O) groups excluding carboxylic acids is 3. The third-order valence-electron chi connectivity index (χ3n) is 5.49. The van der Waals surface area contributed by atoms with Crippen molar-refractivity contribution in [3.05, 3.63) is 52.2 Å². The highest BCUT2D eigenvalue weighted by atomic mass is 32.2. The molecule has 2 aromatic rings. The van der Waals surface area contributed by atoms with Crippen LogP contribution in [0.5, 0.6) is 0 Å². The molecule has 1 unspecified atom stereocenters. The summed E-state index contributed by atoms with van der Waals surface area (Å²) in [4.78, 5) is 46.7. The van der Waals surface area contributed by atoms with E-state index in [4.69, 9.17) is 0 Å². The predicted octanol–water partition coefficient (Wildman–Crippen LogP) is 3.83. The van der Waals surface area contributed by atoms with Crippen molar-refractivity contribution in [3.63, 3.8) is 0 Å².